The smallest absolute Gasteiger partial charge is 0.194 e. The molecular weight excluding hydrogens is 499 g/mol. The van der Waals surface area contributed by atoms with Crippen LogP contribution in [0.1, 0.15) is 30.1 Å². The van der Waals surface area contributed by atoms with Crippen molar-refractivity contribution in [2.24, 2.45) is 4.99 Å². The molecule has 0 saturated carbocycles. The fourth-order valence-electron chi connectivity index (χ4n) is 3.44. The van der Waals surface area contributed by atoms with Gasteiger partial charge in [-0.15, -0.1) is 35.3 Å². The maximum atomic E-state index is 5.80. The van der Waals surface area contributed by atoms with Crippen LogP contribution in [0, 0.1) is 6.92 Å². The lowest BCUT2D eigenvalue weighted by molar-refractivity contribution is -0.00545. The summed E-state index contributed by atoms with van der Waals surface area (Å²) >= 11 is 1.67. The summed E-state index contributed by atoms with van der Waals surface area (Å²) in [5, 5.41) is 6.58. The van der Waals surface area contributed by atoms with E-state index in [0.29, 0.717) is 6.54 Å². The first-order chi connectivity index (χ1) is 13.4. The number of thiazole rings is 1. The Hall–Kier alpha value is -1.46. The number of aliphatic imine (C=N–C) groups is 1. The molecule has 9 heteroatoms. The normalized spacial score (nSPS) is 19.6. The number of nitrogens with zero attached hydrogens (tertiary/aromatic N) is 5. The van der Waals surface area contributed by atoms with Gasteiger partial charge in [-0.2, -0.15) is 0 Å². The van der Waals surface area contributed by atoms with Gasteiger partial charge in [0.1, 0.15) is 5.82 Å². The Morgan fingerprint density at radius 1 is 1.34 bits per heavy atom. The Labute approximate surface area is 194 Å². The largest absolute Gasteiger partial charge is 0.372 e. The molecule has 2 unspecified atom stereocenters. The molecule has 29 heavy (non-hydrogen) atoms. The van der Waals surface area contributed by atoms with Crippen molar-refractivity contribution in [1.29, 1.82) is 0 Å². The van der Waals surface area contributed by atoms with E-state index in [4.69, 9.17) is 4.74 Å². The number of aromatic nitrogens is 2. The topological polar surface area (TPSA) is 65.9 Å². The first kappa shape index (κ1) is 23.8. The average Bonchev–Trinajstić information content (AvgIpc) is 3.06. The number of halogens is 1. The molecule has 2 atom stereocenters. The van der Waals surface area contributed by atoms with Crippen LogP contribution < -0.4 is 10.2 Å². The Morgan fingerprint density at radius 2 is 2.07 bits per heavy atom. The van der Waals surface area contributed by atoms with E-state index in [1.807, 2.05) is 20.2 Å². The van der Waals surface area contributed by atoms with E-state index in [1.165, 1.54) is 0 Å². The van der Waals surface area contributed by atoms with E-state index in [1.54, 1.807) is 18.4 Å². The molecule has 3 rings (SSSR count). The van der Waals surface area contributed by atoms with E-state index in [0.717, 1.165) is 47.7 Å². The van der Waals surface area contributed by atoms with Gasteiger partial charge in [-0.3, -0.25) is 4.99 Å². The Balaban J connectivity index is 0.00000300. The van der Waals surface area contributed by atoms with Crippen LogP contribution >= 0.6 is 35.3 Å². The second-order valence-electron chi connectivity index (χ2n) is 7.30. The Bertz CT molecular complexity index is 787. The van der Waals surface area contributed by atoms with Gasteiger partial charge in [-0.05, 0) is 32.4 Å². The summed E-state index contributed by atoms with van der Waals surface area (Å²) < 4.78 is 5.80. The predicted octanol–water partition coefficient (Wildman–Crippen LogP) is 3.29. The molecule has 1 aliphatic rings. The molecule has 0 spiro atoms. The van der Waals surface area contributed by atoms with Crippen LogP contribution in [0.15, 0.2) is 28.7 Å². The minimum atomic E-state index is 0. The lowest BCUT2D eigenvalue weighted by Gasteiger charge is -2.36. The second-order valence-corrected chi connectivity index (χ2v) is 8.36. The molecule has 160 valence electrons. The lowest BCUT2D eigenvalue weighted by Crippen LogP contribution is -2.45. The van der Waals surface area contributed by atoms with Crippen molar-refractivity contribution in [3.8, 4) is 0 Å². The molecule has 2 aromatic heterocycles. The van der Waals surface area contributed by atoms with E-state index in [-0.39, 0.29) is 36.2 Å². The van der Waals surface area contributed by atoms with Crippen LogP contribution in [0.5, 0.6) is 0 Å². The minimum absolute atomic E-state index is 0. The molecule has 1 fully saturated rings. The van der Waals surface area contributed by atoms with E-state index in [2.05, 4.69) is 61.4 Å². The first-order valence-corrected chi connectivity index (χ1v) is 10.5. The van der Waals surface area contributed by atoms with Gasteiger partial charge >= 0.3 is 0 Å². The van der Waals surface area contributed by atoms with Crippen LogP contribution in [0.3, 0.4) is 0 Å². The molecule has 0 bridgehead atoms. The van der Waals surface area contributed by atoms with Crippen molar-refractivity contribution in [2.75, 3.05) is 32.1 Å². The molecule has 0 aliphatic carbocycles. The van der Waals surface area contributed by atoms with Gasteiger partial charge in [0.2, 0.25) is 0 Å². The van der Waals surface area contributed by atoms with Crippen molar-refractivity contribution in [3.05, 3.63) is 40.0 Å². The van der Waals surface area contributed by atoms with E-state index >= 15 is 0 Å². The van der Waals surface area contributed by atoms with Crippen LogP contribution in [0.25, 0.3) is 0 Å². The van der Waals surface area contributed by atoms with Gasteiger partial charge in [-0.25, -0.2) is 9.97 Å². The van der Waals surface area contributed by atoms with Crippen LogP contribution in [-0.2, 0) is 17.8 Å². The molecule has 1 N–H and O–H groups in total. The number of rotatable bonds is 5. The third-order valence-corrected chi connectivity index (χ3v) is 5.46. The van der Waals surface area contributed by atoms with Gasteiger partial charge in [0, 0.05) is 45.3 Å². The quantitative estimate of drug-likeness (QED) is 0.364. The molecule has 0 amide bonds. The number of pyridine rings is 1. The summed E-state index contributed by atoms with van der Waals surface area (Å²) in [6.07, 6.45) is 2.39. The molecule has 0 aromatic carbocycles. The highest BCUT2D eigenvalue weighted by Crippen LogP contribution is 2.18. The third-order valence-electron chi connectivity index (χ3n) is 4.64. The fourth-order valence-corrected chi connectivity index (χ4v) is 4.04. The highest BCUT2D eigenvalue weighted by atomic mass is 127. The second kappa shape index (κ2) is 11.1. The van der Waals surface area contributed by atoms with Gasteiger partial charge < -0.3 is 19.9 Å². The van der Waals surface area contributed by atoms with E-state index < -0.39 is 0 Å². The summed E-state index contributed by atoms with van der Waals surface area (Å²) in [4.78, 5) is 17.9. The summed E-state index contributed by atoms with van der Waals surface area (Å²) in [6, 6.07) is 4.21. The SMILES string of the molecule is CN=C(NCc1ccc(N2CC(C)OC(C)C2)nc1)N(C)Cc1csc(C)n1.I. The highest BCUT2D eigenvalue weighted by molar-refractivity contribution is 14.0. The number of guanidine groups is 1. The lowest BCUT2D eigenvalue weighted by atomic mass is 10.2. The number of ether oxygens (including phenoxy) is 1. The Kier molecular flexibility index (Phi) is 9.09. The molecular formula is C20H31IN6OS. The summed E-state index contributed by atoms with van der Waals surface area (Å²) in [7, 11) is 3.82. The van der Waals surface area contributed by atoms with Crippen LogP contribution in [0.2, 0.25) is 0 Å². The van der Waals surface area contributed by atoms with Crippen molar-refractivity contribution >= 4 is 47.1 Å². The fraction of sp³-hybridized carbons (Fsp3) is 0.550. The molecule has 7 nitrogen and oxygen atoms in total. The number of morpholine rings is 1. The molecule has 3 heterocycles. The van der Waals surface area contributed by atoms with Gasteiger partial charge in [0.15, 0.2) is 5.96 Å². The van der Waals surface area contributed by atoms with Gasteiger partial charge in [-0.1, -0.05) is 6.07 Å². The zero-order valence-corrected chi connectivity index (χ0v) is 20.9. The number of nitrogens with one attached hydrogen (secondary N) is 1. The monoisotopic (exact) mass is 530 g/mol. The zero-order valence-electron chi connectivity index (χ0n) is 17.8. The molecule has 1 saturated heterocycles. The minimum Gasteiger partial charge on any atom is -0.372 e. The number of anilines is 1. The van der Waals surface area contributed by atoms with E-state index in [9.17, 15) is 0 Å². The number of hydrogen-bond acceptors (Lipinski definition) is 6. The number of aryl methyl sites for hydroxylation is 1. The average molecular weight is 530 g/mol. The first-order valence-electron chi connectivity index (χ1n) is 9.62. The van der Waals surface area contributed by atoms with Crippen LogP contribution in [-0.4, -0.2) is 60.2 Å². The summed E-state index contributed by atoms with van der Waals surface area (Å²) in [5.74, 6) is 1.84. The third kappa shape index (κ3) is 6.78. The molecule has 1 aliphatic heterocycles. The molecule has 2 aromatic rings. The van der Waals surface area contributed by atoms with Crippen molar-refractivity contribution < 1.29 is 4.74 Å². The predicted molar refractivity (Wildman–Crippen MR) is 130 cm³/mol. The maximum Gasteiger partial charge on any atom is 0.194 e. The Morgan fingerprint density at radius 3 is 2.62 bits per heavy atom. The highest BCUT2D eigenvalue weighted by Gasteiger charge is 2.23. The van der Waals surface area contributed by atoms with Gasteiger partial charge in [0.25, 0.3) is 0 Å². The van der Waals surface area contributed by atoms with Crippen molar-refractivity contribution in [2.45, 2.75) is 46.1 Å². The van der Waals surface area contributed by atoms with Crippen molar-refractivity contribution in [1.82, 2.24) is 20.2 Å². The van der Waals surface area contributed by atoms with Gasteiger partial charge in [0.05, 0.1) is 29.5 Å². The summed E-state index contributed by atoms with van der Waals surface area (Å²) in [5.41, 5.74) is 2.19. The van der Waals surface area contributed by atoms with Crippen LogP contribution in [0.4, 0.5) is 5.82 Å². The maximum absolute atomic E-state index is 5.80. The van der Waals surface area contributed by atoms with Crippen molar-refractivity contribution in [3.63, 3.8) is 0 Å². The number of hydrogen-bond donors (Lipinski definition) is 1. The summed E-state index contributed by atoms with van der Waals surface area (Å²) in [6.45, 7) is 9.40. The molecule has 0 radical (unpaired) electrons. The standard InChI is InChI=1S/C20H30N6OS.HI/c1-14-10-26(11-15(2)27-14)19-7-6-17(8-22-19)9-23-20(21-4)25(5)12-18-13-28-16(3)24-18;/h6-8,13-15H,9-12H2,1-5H3,(H,21,23);1H. The zero-order chi connectivity index (χ0) is 20.1.